The monoisotopic (exact) mass is 369 g/mol. The number of rotatable bonds is 3. The van der Waals surface area contributed by atoms with E-state index >= 15 is 0 Å². The summed E-state index contributed by atoms with van der Waals surface area (Å²) in [5.74, 6) is -0.246. The smallest absolute Gasteiger partial charge is 0.345 e. The number of fused-ring (bicyclic) bond motifs is 3. The highest BCUT2D eigenvalue weighted by Crippen LogP contribution is 2.30. The number of para-hydroxylation sites is 1. The highest BCUT2D eigenvalue weighted by Gasteiger charge is 2.15. The zero-order valence-corrected chi connectivity index (χ0v) is 14.5. The summed E-state index contributed by atoms with van der Waals surface area (Å²) in [5, 5.41) is 4.69. The number of carbonyl (C=O) groups is 1. The number of benzene rings is 2. The lowest BCUT2D eigenvalue weighted by Crippen LogP contribution is -2.21. The van der Waals surface area contributed by atoms with Crippen LogP contribution < -0.4 is 10.9 Å². The van der Waals surface area contributed by atoms with Gasteiger partial charge in [-0.15, -0.1) is 11.3 Å². The van der Waals surface area contributed by atoms with Crippen LogP contribution in [0.2, 0.25) is 5.02 Å². The van der Waals surface area contributed by atoms with Crippen LogP contribution in [-0.2, 0) is 6.54 Å². The van der Waals surface area contributed by atoms with Crippen LogP contribution in [-0.4, -0.2) is 5.91 Å². The van der Waals surface area contributed by atoms with Crippen molar-refractivity contribution in [2.24, 2.45) is 0 Å². The van der Waals surface area contributed by atoms with Crippen molar-refractivity contribution in [3.8, 4) is 0 Å². The highest BCUT2D eigenvalue weighted by atomic mass is 35.5. The Labute approximate surface area is 151 Å². The molecule has 124 valence electrons. The Hall–Kier alpha value is -2.63. The number of thiophene rings is 1. The Balaban J connectivity index is 1.68. The quantitative estimate of drug-likeness (QED) is 0.537. The van der Waals surface area contributed by atoms with Gasteiger partial charge in [-0.2, -0.15) is 0 Å². The number of nitrogens with one attached hydrogen (secondary N) is 1. The van der Waals surface area contributed by atoms with Gasteiger partial charge in [0.25, 0.3) is 5.91 Å². The lowest BCUT2D eigenvalue weighted by Gasteiger charge is -2.05. The second-order valence-electron chi connectivity index (χ2n) is 5.51. The molecule has 0 radical (unpaired) electrons. The number of carbonyl (C=O) groups excluding carboxylic acids is 1. The fraction of sp³-hybridized carbons (Fsp3) is 0.0526. The maximum Gasteiger partial charge on any atom is 0.345 e. The molecule has 0 saturated heterocycles. The van der Waals surface area contributed by atoms with E-state index in [2.05, 4.69) is 5.32 Å². The minimum absolute atomic E-state index is 0.246. The molecular formula is C19H12ClNO3S. The first kappa shape index (κ1) is 15.9. The third-order valence-corrected chi connectivity index (χ3v) is 5.44. The molecule has 0 aliphatic rings. The first-order chi connectivity index (χ1) is 12.1. The molecule has 0 fully saturated rings. The third kappa shape index (κ3) is 2.92. The van der Waals surface area contributed by atoms with E-state index in [4.69, 9.17) is 16.0 Å². The first-order valence-electron chi connectivity index (χ1n) is 7.60. The third-order valence-electron chi connectivity index (χ3n) is 3.91. The molecule has 4 aromatic rings. The van der Waals surface area contributed by atoms with Crippen molar-refractivity contribution in [2.75, 3.05) is 0 Å². The number of halogens is 1. The van der Waals surface area contributed by atoms with Gasteiger partial charge in [0.1, 0.15) is 5.58 Å². The van der Waals surface area contributed by atoms with Crippen molar-refractivity contribution in [3.63, 3.8) is 0 Å². The van der Waals surface area contributed by atoms with E-state index in [-0.39, 0.29) is 5.91 Å². The maximum atomic E-state index is 12.5. The van der Waals surface area contributed by atoms with E-state index in [1.54, 1.807) is 18.2 Å². The molecule has 4 nitrogen and oxygen atoms in total. The van der Waals surface area contributed by atoms with Gasteiger partial charge in [0.05, 0.1) is 15.0 Å². The molecule has 1 amide bonds. The molecule has 2 aromatic carbocycles. The Kier molecular flexibility index (Phi) is 4.03. The fourth-order valence-corrected chi connectivity index (χ4v) is 3.95. The molecule has 0 saturated carbocycles. The molecule has 2 aromatic heterocycles. The van der Waals surface area contributed by atoms with E-state index in [9.17, 15) is 9.59 Å². The van der Waals surface area contributed by atoms with Gasteiger partial charge in [0.2, 0.25) is 0 Å². The zero-order chi connectivity index (χ0) is 17.4. The number of hydrogen-bond donors (Lipinski definition) is 1. The first-order valence-corrected chi connectivity index (χ1v) is 8.80. The Morgan fingerprint density at radius 2 is 1.84 bits per heavy atom. The van der Waals surface area contributed by atoms with E-state index < -0.39 is 5.63 Å². The Bertz CT molecular complexity index is 1160. The lowest BCUT2D eigenvalue weighted by atomic mass is 10.2. The summed E-state index contributed by atoms with van der Waals surface area (Å²) in [6.45, 7) is 0.322. The molecule has 0 bridgehead atoms. The SMILES string of the molecule is O=C(NCc1ccccc1Cl)c1cc2c(=O)oc3ccccc3c2s1. The predicted molar refractivity (Wildman–Crippen MR) is 100 cm³/mol. The molecule has 0 aliphatic heterocycles. The summed E-state index contributed by atoms with van der Waals surface area (Å²) < 4.78 is 6.07. The lowest BCUT2D eigenvalue weighted by molar-refractivity contribution is 0.0955. The van der Waals surface area contributed by atoms with Gasteiger partial charge in [-0.05, 0) is 29.8 Å². The molecule has 0 unspecified atom stereocenters. The van der Waals surface area contributed by atoms with Crippen LogP contribution >= 0.6 is 22.9 Å². The molecule has 25 heavy (non-hydrogen) atoms. The molecule has 4 rings (SSSR count). The largest absolute Gasteiger partial charge is 0.422 e. The molecule has 0 atom stereocenters. The average Bonchev–Trinajstić information content (AvgIpc) is 3.07. The van der Waals surface area contributed by atoms with E-state index in [1.807, 2.05) is 36.4 Å². The van der Waals surface area contributed by atoms with Crippen LogP contribution in [0.4, 0.5) is 0 Å². The Morgan fingerprint density at radius 1 is 1.08 bits per heavy atom. The minimum atomic E-state index is -0.435. The second-order valence-corrected chi connectivity index (χ2v) is 6.97. The summed E-state index contributed by atoms with van der Waals surface area (Å²) in [4.78, 5) is 25.1. The van der Waals surface area contributed by atoms with Gasteiger partial charge in [-0.1, -0.05) is 41.9 Å². The van der Waals surface area contributed by atoms with Crippen LogP contribution in [0, 0.1) is 0 Å². The molecule has 0 spiro atoms. The molecule has 0 aliphatic carbocycles. The van der Waals surface area contributed by atoms with Gasteiger partial charge in [-0.3, -0.25) is 4.79 Å². The summed E-state index contributed by atoms with van der Waals surface area (Å²) in [6, 6.07) is 16.2. The molecule has 1 N–H and O–H groups in total. The van der Waals surface area contributed by atoms with E-state index in [1.165, 1.54) is 11.3 Å². The van der Waals surface area contributed by atoms with Gasteiger partial charge in [0, 0.05) is 17.0 Å². The minimum Gasteiger partial charge on any atom is -0.422 e. The van der Waals surface area contributed by atoms with Crippen LogP contribution in [0.25, 0.3) is 21.1 Å². The summed E-state index contributed by atoms with van der Waals surface area (Å²) >= 11 is 7.39. The summed E-state index contributed by atoms with van der Waals surface area (Å²) in [6.07, 6.45) is 0. The van der Waals surface area contributed by atoms with Crippen molar-refractivity contribution in [3.05, 3.63) is 80.5 Å². The Morgan fingerprint density at radius 3 is 2.68 bits per heavy atom. The topological polar surface area (TPSA) is 59.3 Å². The van der Waals surface area contributed by atoms with Gasteiger partial charge in [0.15, 0.2) is 0 Å². The molecule has 6 heteroatoms. The van der Waals surface area contributed by atoms with Crippen molar-refractivity contribution in [1.29, 1.82) is 0 Å². The van der Waals surface area contributed by atoms with Crippen LogP contribution in [0.5, 0.6) is 0 Å². The predicted octanol–water partition coefficient (Wildman–Crippen LogP) is 4.59. The molecular weight excluding hydrogens is 358 g/mol. The number of hydrogen-bond acceptors (Lipinski definition) is 4. The van der Waals surface area contributed by atoms with Crippen LogP contribution in [0.15, 0.2) is 63.8 Å². The fourth-order valence-electron chi connectivity index (χ4n) is 2.66. The zero-order valence-electron chi connectivity index (χ0n) is 12.9. The van der Waals surface area contributed by atoms with Gasteiger partial charge in [-0.25, -0.2) is 4.79 Å². The number of amides is 1. The van der Waals surface area contributed by atoms with Crippen molar-refractivity contribution in [2.45, 2.75) is 6.54 Å². The van der Waals surface area contributed by atoms with Crippen LogP contribution in [0.3, 0.4) is 0 Å². The van der Waals surface area contributed by atoms with Gasteiger partial charge < -0.3 is 9.73 Å². The second kappa shape index (κ2) is 6.35. The van der Waals surface area contributed by atoms with Crippen molar-refractivity contribution >= 4 is 49.9 Å². The summed E-state index contributed by atoms with van der Waals surface area (Å²) in [5.41, 5.74) is 0.920. The molecule has 2 heterocycles. The van der Waals surface area contributed by atoms with Crippen LogP contribution in [0.1, 0.15) is 15.2 Å². The normalized spacial score (nSPS) is 11.1. The van der Waals surface area contributed by atoms with Crippen molar-refractivity contribution < 1.29 is 9.21 Å². The van der Waals surface area contributed by atoms with Gasteiger partial charge >= 0.3 is 5.63 Å². The van der Waals surface area contributed by atoms with Crippen molar-refractivity contribution in [1.82, 2.24) is 5.32 Å². The average molecular weight is 370 g/mol. The van der Waals surface area contributed by atoms with E-state index in [0.717, 1.165) is 15.6 Å². The van der Waals surface area contributed by atoms with E-state index in [0.29, 0.717) is 27.4 Å². The highest BCUT2D eigenvalue weighted by molar-refractivity contribution is 7.21. The standard InChI is InChI=1S/C19H12ClNO3S/c20-14-7-3-1-5-11(14)10-21-18(22)16-9-13-17(25-16)12-6-2-4-8-15(12)24-19(13)23/h1-9H,10H2,(H,21,22). The summed E-state index contributed by atoms with van der Waals surface area (Å²) in [7, 11) is 0. The maximum absolute atomic E-state index is 12.5.